The van der Waals surface area contributed by atoms with Gasteiger partial charge in [0.25, 0.3) is 0 Å². The molecule has 2 aromatic rings. The van der Waals surface area contributed by atoms with Gasteiger partial charge in [0.1, 0.15) is 0 Å². The molecule has 0 bridgehead atoms. The maximum atomic E-state index is 11.2. The molecule has 1 unspecified atom stereocenters. The van der Waals surface area contributed by atoms with Crippen molar-refractivity contribution in [2.24, 2.45) is 0 Å². The Balaban J connectivity index is 1.89. The SMILES string of the molecule is O=C(O)C1CCc2ccc(Nc3ccccc3)cc21. The fourth-order valence-electron chi connectivity index (χ4n) is 2.62. The predicted molar refractivity (Wildman–Crippen MR) is 74.9 cm³/mol. The normalized spacial score (nSPS) is 16.9. The smallest absolute Gasteiger partial charge is 0.310 e. The number of aliphatic carboxylic acids is 1. The highest BCUT2D eigenvalue weighted by molar-refractivity contribution is 5.79. The topological polar surface area (TPSA) is 49.3 Å². The number of hydrogen-bond donors (Lipinski definition) is 2. The van der Waals surface area contributed by atoms with Crippen LogP contribution in [-0.2, 0) is 11.2 Å². The van der Waals surface area contributed by atoms with Crippen molar-refractivity contribution in [3.8, 4) is 0 Å². The summed E-state index contributed by atoms with van der Waals surface area (Å²) in [5.41, 5.74) is 4.06. The number of benzene rings is 2. The molecule has 19 heavy (non-hydrogen) atoms. The van der Waals surface area contributed by atoms with Gasteiger partial charge in [0.15, 0.2) is 0 Å². The lowest BCUT2D eigenvalue weighted by Gasteiger charge is -2.10. The van der Waals surface area contributed by atoms with Crippen LogP contribution in [0.15, 0.2) is 48.5 Å². The van der Waals surface area contributed by atoms with Crippen LogP contribution in [-0.4, -0.2) is 11.1 Å². The Morgan fingerprint density at radius 3 is 2.63 bits per heavy atom. The molecule has 1 atom stereocenters. The zero-order valence-corrected chi connectivity index (χ0v) is 10.5. The fourth-order valence-corrected chi connectivity index (χ4v) is 2.62. The van der Waals surface area contributed by atoms with Crippen molar-refractivity contribution in [2.75, 3.05) is 5.32 Å². The van der Waals surface area contributed by atoms with Crippen LogP contribution < -0.4 is 5.32 Å². The van der Waals surface area contributed by atoms with Crippen LogP contribution in [0, 0.1) is 0 Å². The fraction of sp³-hybridized carbons (Fsp3) is 0.188. The molecule has 0 heterocycles. The lowest BCUT2D eigenvalue weighted by atomic mass is 10.0. The van der Waals surface area contributed by atoms with Gasteiger partial charge in [-0.3, -0.25) is 4.79 Å². The number of para-hydroxylation sites is 1. The Bertz CT molecular complexity index is 607. The summed E-state index contributed by atoms with van der Waals surface area (Å²) in [7, 11) is 0. The van der Waals surface area contributed by atoms with E-state index in [9.17, 15) is 9.90 Å². The molecule has 1 aliphatic carbocycles. The Morgan fingerprint density at radius 1 is 1.11 bits per heavy atom. The van der Waals surface area contributed by atoms with E-state index < -0.39 is 5.97 Å². The summed E-state index contributed by atoms with van der Waals surface area (Å²) in [6.45, 7) is 0. The van der Waals surface area contributed by atoms with Crippen LogP contribution in [0.25, 0.3) is 0 Å². The molecule has 0 spiro atoms. The highest BCUT2D eigenvalue weighted by Crippen LogP contribution is 2.35. The molecule has 0 aliphatic heterocycles. The number of carbonyl (C=O) groups is 1. The van der Waals surface area contributed by atoms with Gasteiger partial charge in [-0.25, -0.2) is 0 Å². The zero-order valence-electron chi connectivity index (χ0n) is 10.5. The summed E-state index contributed by atoms with van der Waals surface area (Å²) in [5, 5.41) is 12.5. The van der Waals surface area contributed by atoms with Crippen molar-refractivity contribution in [1.82, 2.24) is 0 Å². The van der Waals surface area contributed by atoms with Crippen molar-refractivity contribution in [1.29, 1.82) is 0 Å². The lowest BCUT2D eigenvalue weighted by Crippen LogP contribution is -2.08. The minimum atomic E-state index is -0.726. The first kappa shape index (κ1) is 11.8. The molecule has 0 saturated heterocycles. The van der Waals surface area contributed by atoms with Crippen LogP contribution >= 0.6 is 0 Å². The van der Waals surface area contributed by atoms with Crippen molar-refractivity contribution in [3.63, 3.8) is 0 Å². The van der Waals surface area contributed by atoms with Crippen molar-refractivity contribution in [2.45, 2.75) is 18.8 Å². The Morgan fingerprint density at radius 2 is 1.89 bits per heavy atom. The number of hydrogen-bond acceptors (Lipinski definition) is 2. The van der Waals surface area contributed by atoms with Crippen LogP contribution in [0.5, 0.6) is 0 Å². The van der Waals surface area contributed by atoms with Gasteiger partial charge >= 0.3 is 5.97 Å². The van der Waals surface area contributed by atoms with E-state index >= 15 is 0 Å². The molecule has 0 amide bonds. The number of rotatable bonds is 3. The van der Waals surface area contributed by atoms with Crippen LogP contribution in [0.1, 0.15) is 23.5 Å². The number of carboxylic acid groups (broad SMARTS) is 1. The van der Waals surface area contributed by atoms with Gasteiger partial charge in [-0.15, -0.1) is 0 Å². The summed E-state index contributed by atoms with van der Waals surface area (Å²) in [5.74, 6) is -1.08. The number of nitrogens with one attached hydrogen (secondary N) is 1. The third-order valence-corrected chi connectivity index (χ3v) is 3.58. The highest BCUT2D eigenvalue weighted by Gasteiger charge is 2.28. The van der Waals surface area contributed by atoms with E-state index in [0.717, 1.165) is 28.9 Å². The summed E-state index contributed by atoms with van der Waals surface area (Å²) in [6, 6.07) is 15.9. The van der Waals surface area contributed by atoms with E-state index in [1.807, 2.05) is 48.5 Å². The first-order valence-electron chi connectivity index (χ1n) is 6.42. The second-order valence-electron chi connectivity index (χ2n) is 4.83. The Hall–Kier alpha value is -2.29. The van der Waals surface area contributed by atoms with Gasteiger partial charge in [0.2, 0.25) is 0 Å². The van der Waals surface area contributed by atoms with Crippen molar-refractivity contribution in [3.05, 3.63) is 59.7 Å². The molecule has 96 valence electrons. The van der Waals surface area contributed by atoms with Gasteiger partial charge in [-0.2, -0.15) is 0 Å². The number of carboxylic acids is 1. The average Bonchev–Trinajstić information content (AvgIpc) is 2.83. The van der Waals surface area contributed by atoms with E-state index in [4.69, 9.17) is 0 Å². The highest BCUT2D eigenvalue weighted by atomic mass is 16.4. The number of aryl methyl sites for hydroxylation is 1. The van der Waals surface area contributed by atoms with Crippen LogP contribution in [0.3, 0.4) is 0 Å². The lowest BCUT2D eigenvalue weighted by molar-refractivity contribution is -0.138. The maximum Gasteiger partial charge on any atom is 0.310 e. The third-order valence-electron chi connectivity index (χ3n) is 3.58. The molecular weight excluding hydrogens is 238 g/mol. The molecule has 0 radical (unpaired) electrons. The quantitative estimate of drug-likeness (QED) is 0.879. The molecule has 0 aromatic heterocycles. The van der Waals surface area contributed by atoms with Crippen LogP contribution in [0.4, 0.5) is 11.4 Å². The second kappa shape index (κ2) is 4.76. The first-order valence-corrected chi connectivity index (χ1v) is 6.42. The monoisotopic (exact) mass is 253 g/mol. The van der Waals surface area contributed by atoms with E-state index in [0.29, 0.717) is 6.42 Å². The minimum Gasteiger partial charge on any atom is -0.481 e. The van der Waals surface area contributed by atoms with E-state index in [1.165, 1.54) is 0 Å². The van der Waals surface area contributed by atoms with Gasteiger partial charge < -0.3 is 10.4 Å². The summed E-state index contributed by atoms with van der Waals surface area (Å²) >= 11 is 0. The average molecular weight is 253 g/mol. The third kappa shape index (κ3) is 2.32. The molecule has 3 heteroatoms. The first-order chi connectivity index (χ1) is 9.24. The zero-order chi connectivity index (χ0) is 13.2. The van der Waals surface area contributed by atoms with Crippen molar-refractivity contribution >= 4 is 17.3 Å². The molecule has 1 aliphatic rings. The molecular formula is C16H15NO2. The van der Waals surface area contributed by atoms with Crippen LogP contribution in [0.2, 0.25) is 0 Å². The van der Waals surface area contributed by atoms with Gasteiger partial charge in [-0.05, 0) is 48.2 Å². The molecule has 3 nitrogen and oxygen atoms in total. The Labute approximate surface area is 111 Å². The molecule has 0 fully saturated rings. The summed E-state index contributed by atoms with van der Waals surface area (Å²) in [6.07, 6.45) is 1.57. The summed E-state index contributed by atoms with van der Waals surface area (Å²) in [4.78, 5) is 11.2. The number of fused-ring (bicyclic) bond motifs is 1. The molecule has 2 N–H and O–H groups in total. The number of anilines is 2. The van der Waals surface area contributed by atoms with E-state index in [-0.39, 0.29) is 5.92 Å². The Kier molecular flexibility index (Phi) is 2.95. The summed E-state index contributed by atoms with van der Waals surface area (Å²) < 4.78 is 0. The minimum absolute atomic E-state index is 0.354. The predicted octanol–water partition coefficient (Wildman–Crippen LogP) is 3.54. The van der Waals surface area contributed by atoms with Crippen molar-refractivity contribution < 1.29 is 9.90 Å². The molecule has 2 aromatic carbocycles. The maximum absolute atomic E-state index is 11.2. The largest absolute Gasteiger partial charge is 0.481 e. The van der Waals surface area contributed by atoms with Gasteiger partial charge in [-0.1, -0.05) is 24.3 Å². The molecule has 0 saturated carbocycles. The molecule has 3 rings (SSSR count). The van der Waals surface area contributed by atoms with E-state index in [1.54, 1.807) is 0 Å². The standard InChI is InChI=1S/C16H15NO2/c18-16(19)14-9-7-11-6-8-13(10-15(11)14)17-12-4-2-1-3-5-12/h1-6,8,10,14,17H,7,9H2,(H,18,19). The van der Waals surface area contributed by atoms with E-state index in [2.05, 4.69) is 5.32 Å². The van der Waals surface area contributed by atoms with Gasteiger partial charge in [0, 0.05) is 11.4 Å². The second-order valence-corrected chi connectivity index (χ2v) is 4.83. The van der Waals surface area contributed by atoms with Gasteiger partial charge in [0.05, 0.1) is 5.92 Å².